The van der Waals surface area contributed by atoms with Crippen LogP contribution >= 0.6 is 0 Å². The molecule has 0 bridgehead atoms. The first kappa shape index (κ1) is 11.3. The third kappa shape index (κ3) is 1.53. The number of nitrogens with zero attached hydrogens (tertiary/aromatic N) is 4. The van der Waals surface area contributed by atoms with Crippen LogP contribution < -0.4 is 0 Å². The van der Waals surface area contributed by atoms with E-state index in [1.807, 2.05) is 0 Å². The second-order valence-corrected chi connectivity index (χ2v) is 4.99. The van der Waals surface area contributed by atoms with E-state index in [1.165, 1.54) is 4.90 Å². The summed E-state index contributed by atoms with van der Waals surface area (Å²) in [5, 5.41) is 13.5. The fraction of sp³-hybridized carbons (Fsp3) is 0.727. The van der Waals surface area contributed by atoms with Crippen molar-refractivity contribution in [3.63, 3.8) is 0 Å². The Hall–Kier alpha value is -1.79. The summed E-state index contributed by atoms with van der Waals surface area (Å²) in [6, 6.07) is -0.436. The molecule has 2 aliphatic rings. The first-order valence-electron chi connectivity index (χ1n) is 6.30. The lowest BCUT2D eigenvalue weighted by molar-refractivity contribution is -0.142. The van der Waals surface area contributed by atoms with E-state index in [9.17, 15) is 9.59 Å². The summed E-state index contributed by atoms with van der Waals surface area (Å²) in [4.78, 5) is 25.9. The van der Waals surface area contributed by atoms with Crippen LogP contribution in [0.1, 0.15) is 44.5 Å². The van der Waals surface area contributed by atoms with E-state index in [4.69, 9.17) is 0 Å². The molecule has 96 valence electrons. The van der Waals surface area contributed by atoms with Crippen LogP contribution in [0.3, 0.4) is 0 Å². The molecule has 1 aromatic rings. The fourth-order valence-electron chi connectivity index (χ4n) is 3.03. The molecule has 3 rings (SSSR count). The molecule has 1 aromatic heterocycles. The Morgan fingerprint density at radius 2 is 1.83 bits per heavy atom. The normalized spacial score (nSPS) is 29.5. The summed E-state index contributed by atoms with van der Waals surface area (Å²) >= 11 is 0. The molecule has 1 N–H and O–H groups in total. The number of tetrazole rings is 1. The van der Waals surface area contributed by atoms with Crippen molar-refractivity contribution in [2.24, 2.45) is 11.8 Å². The van der Waals surface area contributed by atoms with Crippen LogP contribution in [0.25, 0.3) is 0 Å². The van der Waals surface area contributed by atoms with Gasteiger partial charge in [-0.15, -0.1) is 10.2 Å². The molecule has 2 fully saturated rings. The number of carbonyl (C=O) groups is 2. The molecule has 0 spiro atoms. The first-order valence-corrected chi connectivity index (χ1v) is 6.30. The Kier molecular flexibility index (Phi) is 2.61. The molecule has 18 heavy (non-hydrogen) atoms. The number of rotatable bonds is 2. The first-order chi connectivity index (χ1) is 8.70. The maximum Gasteiger partial charge on any atom is 0.233 e. The second kappa shape index (κ2) is 4.15. The highest BCUT2D eigenvalue weighted by Crippen LogP contribution is 2.40. The molecular formula is C11H15N5O2. The molecule has 3 atom stereocenters. The van der Waals surface area contributed by atoms with E-state index < -0.39 is 6.04 Å². The van der Waals surface area contributed by atoms with Crippen molar-refractivity contribution in [1.82, 2.24) is 25.5 Å². The van der Waals surface area contributed by atoms with Gasteiger partial charge in [0, 0.05) is 0 Å². The van der Waals surface area contributed by atoms with Gasteiger partial charge in [0.05, 0.1) is 11.8 Å². The lowest BCUT2D eigenvalue weighted by Gasteiger charge is -2.19. The average molecular weight is 249 g/mol. The van der Waals surface area contributed by atoms with Gasteiger partial charge in [-0.2, -0.15) is 5.21 Å². The van der Waals surface area contributed by atoms with Gasteiger partial charge in [0.2, 0.25) is 11.8 Å². The highest BCUT2D eigenvalue weighted by Gasteiger charge is 2.50. The van der Waals surface area contributed by atoms with Gasteiger partial charge in [0.25, 0.3) is 0 Å². The Morgan fingerprint density at radius 3 is 2.33 bits per heavy atom. The van der Waals surface area contributed by atoms with Crippen LogP contribution in [0.15, 0.2) is 0 Å². The Labute approximate surface area is 104 Å². The Balaban J connectivity index is 1.88. The monoisotopic (exact) mass is 249 g/mol. The highest BCUT2D eigenvalue weighted by atomic mass is 16.2. The lowest BCUT2D eigenvalue weighted by atomic mass is 9.81. The summed E-state index contributed by atoms with van der Waals surface area (Å²) in [5.41, 5.74) is 0. The maximum atomic E-state index is 12.3. The minimum absolute atomic E-state index is 0.0676. The smallest absolute Gasteiger partial charge is 0.233 e. The van der Waals surface area contributed by atoms with Crippen LogP contribution in [0.2, 0.25) is 0 Å². The highest BCUT2D eigenvalue weighted by molar-refractivity contribution is 6.05. The topological polar surface area (TPSA) is 91.8 Å². The molecule has 7 nitrogen and oxygen atoms in total. The van der Waals surface area contributed by atoms with Crippen LogP contribution in [0.5, 0.6) is 0 Å². The minimum Gasteiger partial charge on any atom is -0.274 e. The minimum atomic E-state index is -0.436. The maximum absolute atomic E-state index is 12.3. The van der Waals surface area contributed by atoms with Crippen LogP contribution in [0.4, 0.5) is 0 Å². The summed E-state index contributed by atoms with van der Waals surface area (Å²) in [6.07, 6.45) is 3.71. The predicted molar refractivity (Wildman–Crippen MR) is 59.9 cm³/mol. The van der Waals surface area contributed by atoms with Crippen molar-refractivity contribution in [2.75, 3.05) is 0 Å². The van der Waals surface area contributed by atoms with Crippen LogP contribution in [-0.4, -0.2) is 37.3 Å². The molecule has 1 saturated heterocycles. The van der Waals surface area contributed by atoms with Gasteiger partial charge in [-0.1, -0.05) is 18.1 Å². The molecule has 0 radical (unpaired) electrons. The molecule has 7 heteroatoms. The summed E-state index contributed by atoms with van der Waals surface area (Å²) in [5.74, 6) is 0.000508. The molecule has 3 unspecified atom stereocenters. The van der Waals surface area contributed by atoms with Gasteiger partial charge in [-0.3, -0.25) is 14.5 Å². The van der Waals surface area contributed by atoms with Crippen molar-refractivity contribution in [2.45, 2.75) is 38.6 Å². The number of aromatic amines is 1. The summed E-state index contributed by atoms with van der Waals surface area (Å²) in [7, 11) is 0. The van der Waals surface area contributed by atoms with E-state index >= 15 is 0 Å². The third-order valence-corrected chi connectivity index (χ3v) is 4.00. The molecule has 2 heterocycles. The number of likely N-dealkylation sites (tertiary alicyclic amines) is 1. The average Bonchev–Trinajstić information content (AvgIpc) is 2.99. The van der Waals surface area contributed by atoms with Crippen molar-refractivity contribution in [1.29, 1.82) is 0 Å². The number of nitrogens with one attached hydrogen (secondary N) is 1. The predicted octanol–water partition coefficient (Wildman–Crippen LogP) is 0.436. The summed E-state index contributed by atoms with van der Waals surface area (Å²) < 4.78 is 0. The molecule has 1 aliphatic heterocycles. The SMILES string of the molecule is CC(c1nn[nH]n1)N1C(=O)C2CCCCC2C1=O. The number of fused-ring (bicyclic) bond motifs is 1. The largest absolute Gasteiger partial charge is 0.274 e. The molecule has 2 amide bonds. The third-order valence-electron chi connectivity index (χ3n) is 4.00. The number of H-pyrrole nitrogens is 1. The zero-order chi connectivity index (χ0) is 12.7. The van der Waals surface area contributed by atoms with Gasteiger partial charge < -0.3 is 0 Å². The summed E-state index contributed by atoms with van der Waals surface area (Å²) in [6.45, 7) is 1.76. The number of carbonyl (C=O) groups excluding carboxylic acids is 2. The van der Waals surface area contributed by atoms with E-state index in [2.05, 4.69) is 20.6 Å². The molecule has 1 saturated carbocycles. The van der Waals surface area contributed by atoms with E-state index in [1.54, 1.807) is 6.92 Å². The van der Waals surface area contributed by atoms with E-state index in [0.717, 1.165) is 25.7 Å². The van der Waals surface area contributed by atoms with Crippen molar-refractivity contribution < 1.29 is 9.59 Å². The van der Waals surface area contributed by atoms with Gasteiger partial charge in [0.15, 0.2) is 5.82 Å². The van der Waals surface area contributed by atoms with Gasteiger partial charge in [-0.25, -0.2) is 0 Å². The van der Waals surface area contributed by atoms with Crippen molar-refractivity contribution >= 4 is 11.8 Å². The zero-order valence-electron chi connectivity index (χ0n) is 10.2. The van der Waals surface area contributed by atoms with Gasteiger partial charge in [-0.05, 0) is 19.8 Å². The lowest BCUT2D eigenvalue weighted by Crippen LogP contribution is -2.34. The van der Waals surface area contributed by atoms with E-state index in [-0.39, 0.29) is 23.7 Å². The van der Waals surface area contributed by atoms with Crippen LogP contribution in [0, 0.1) is 11.8 Å². The van der Waals surface area contributed by atoms with Gasteiger partial charge in [0.1, 0.15) is 6.04 Å². The number of hydrogen-bond acceptors (Lipinski definition) is 5. The Morgan fingerprint density at radius 1 is 1.22 bits per heavy atom. The van der Waals surface area contributed by atoms with Crippen molar-refractivity contribution in [3.8, 4) is 0 Å². The quantitative estimate of drug-likeness (QED) is 0.767. The Bertz CT molecular complexity index is 448. The molecule has 0 aromatic carbocycles. The number of imide groups is 1. The van der Waals surface area contributed by atoms with Crippen molar-refractivity contribution in [3.05, 3.63) is 5.82 Å². The second-order valence-electron chi connectivity index (χ2n) is 4.99. The zero-order valence-corrected chi connectivity index (χ0v) is 10.2. The number of hydrogen-bond donors (Lipinski definition) is 1. The number of amides is 2. The molecule has 1 aliphatic carbocycles. The number of aromatic nitrogens is 4. The fourth-order valence-corrected chi connectivity index (χ4v) is 3.03. The van der Waals surface area contributed by atoms with Gasteiger partial charge >= 0.3 is 0 Å². The standard InChI is InChI=1S/C11H15N5O2/c1-6(9-12-14-15-13-9)16-10(17)7-4-2-3-5-8(7)11(16)18/h6-8H,2-5H2,1H3,(H,12,13,14,15). The van der Waals surface area contributed by atoms with E-state index in [0.29, 0.717) is 5.82 Å². The molecular weight excluding hydrogens is 234 g/mol. The van der Waals surface area contributed by atoms with Crippen LogP contribution in [-0.2, 0) is 9.59 Å².